The second-order valence-electron chi connectivity index (χ2n) is 12.1. The molecule has 30 heavy (non-hydrogen) atoms. The molecule has 7 atom stereocenters. The van der Waals surface area contributed by atoms with E-state index >= 15 is 0 Å². The summed E-state index contributed by atoms with van der Waals surface area (Å²) in [6.07, 6.45) is 14.0. The molecule has 3 heteroatoms. The van der Waals surface area contributed by atoms with Gasteiger partial charge in [0, 0.05) is 12.3 Å². The Labute approximate surface area is 185 Å². The zero-order valence-electron chi connectivity index (χ0n) is 20.5. The predicted molar refractivity (Wildman–Crippen MR) is 124 cm³/mol. The third-order valence-corrected chi connectivity index (χ3v) is 10.5. The Hall–Kier alpha value is -0.380. The second-order valence-corrected chi connectivity index (χ2v) is 12.1. The fourth-order valence-corrected chi connectivity index (χ4v) is 7.32. The van der Waals surface area contributed by atoms with Crippen molar-refractivity contribution < 1.29 is 15.3 Å². The molecule has 3 rings (SSSR count). The van der Waals surface area contributed by atoms with E-state index in [1.54, 1.807) is 0 Å². The van der Waals surface area contributed by atoms with Crippen molar-refractivity contribution >= 4 is 0 Å². The molecule has 174 valence electrons. The highest BCUT2D eigenvalue weighted by atomic mass is 16.3. The van der Waals surface area contributed by atoms with Crippen molar-refractivity contribution in [2.75, 3.05) is 0 Å². The van der Waals surface area contributed by atoms with Gasteiger partial charge in [0.25, 0.3) is 0 Å². The lowest BCUT2D eigenvalue weighted by Crippen LogP contribution is -2.59. The first-order chi connectivity index (χ1) is 13.9. The van der Waals surface area contributed by atoms with Gasteiger partial charge in [-0.25, -0.2) is 0 Å². The molecule has 0 aliphatic heterocycles. The maximum atomic E-state index is 10.8. The van der Waals surface area contributed by atoms with Gasteiger partial charge in [0.2, 0.25) is 0 Å². The van der Waals surface area contributed by atoms with Gasteiger partial charge in [0.15, 0.2) is 0 Å². The molecule has 2 bridgehead atoms. The highest BCUT2D eigenvalue weighted by Crippen LogP contribution is 2.61. The fourth-order valence-electron chi connectivity index (χ4n) is 7.32. The van der Waals surface area contributed by atoms with Crippen molar-refractivity contribution in [3.63, 3.8) is 0 Å². The first-order valence-corrected chi connectivity index (χ1v) is 12.7. The minimum absolute atomic E-state index is 0.218. The standard InChI is InChI=1S/C27H48O3/c1-7-26(29,8-2)14-9-10-19(3)25(6)15-13-21(24(25,4)5)11-12-23-20-16-22(28)18-27(23,30)17-20/h11-12,19-23,28-30H,7-10,13-18H2,1-6H3/b12-11+/t19-,20?,21+,22+,23?,25+,27+/m0/s1. The first-order valence-electron chi connectivity index (χ1n) is 12.7. The molecule has 0 aromatic heterocycles. The average molecular weight is 421 g/mol. The van der Waals surface area contributed by atoms with Gasteiger partial charge in [-0.15, -0.1) is 0 Å². The van der Waals surface area contributed by atoms with Crippen LogP contribution in [0.2, 0.25) is 0 Å². The fraction of sp³-hybridized carbons (Fsp3) is 0.926. The molecule has 0 aromatic rings. The number of allylic oxidation sites excluding steroid dienone is 1. The highest BCUT2D eigenvalue weighted by Gasteiger charge is 2.57. The summed E-state index contributed by atoms with van der Waals surface area (Å²) in [4.78, 5) is 0. The number of rotatable bonds is 9. The van der Waals surface area contributed by atoms with Gasteiger partial charge < -0.3 is 15.3 Å². The van der Waals surface area contributed by atoms with Crippen LogP contribution in [0.25, 0.3) is 0 Å². The number of aliphatic hydroxyl groups excluding tert-OH is 1. The molecular formula is C27H48O3. The Kier molecular flexibility index (Phi) is 6.89. The quantitative estimate of drug-likeness (QED) is 0.409. The molecule has 0 amide bonds. The molecule has 3 saturated carbocycles. The smallest absolute Gasteiger partial charge is 0.0740 e. The third kappa shape index (κ3) is 4.16. The lowest BCUT2D eigenvalue weighted by molar-refractivity contribution is -0.183. The maximum absolute atomic E-state index is 10.8. The first kappa shape index (κ1) is 24.3. The molecule has 0 heterocycles. The summed E-state index contributed by atoms with van der Waals surface area (Å²) in [6.45, 7) is 14.0. The third-order valence-electron chi connectivity index (χ3n) is 10.5. The van der Waals surface area contributed by atoms with Gasteiger partial charge in [-0.1, -0.05) is 66.5 Å². The van der Waals surface area contributed by atoms with Gasteiger partial charge in [-0.2, -0.15) is 0 Å². The number of hydrogen-bond donors (Lipinski definition) is 3. The summed E-state index contributed by atoms with van der Waals surface area (Å²) >= 11 is 0. The van der Waals surface area contributed by atoms with E-state index < -0.39 is 11.2 Å². The van der Waals surface area contributed by atoms with Gasteiger partial charge in [-0.05, 0) is 73.5 Å². The summed E-state index contributed by atoms with van der Waals surface area (Å²) in [5, 5.41) is 31.4. The number of aliphatic hydroxyl groups is 3. The van der Waals surface area contributed by atoms with Crippen molar-refractivity contribution in [1.29, 1.82) is 0 Å². The molecule has 3 aliphatic rings. The van der Waals surface area contributed by atoms with Crippen LogP contribution in [0.4, 0.5) is 0 Å². The Morgan fingerprint density at radius 1 is 1.10 bits per heavy atom. The zero-order valence-corrected chi connectivity index (χ0v) is 20.5. The van der Waals surface area contributed by atoms with Crippen LogP contribution in [0.15, 0.2) is 12.2 Å². The SMILES string of the molecule is CCC(O)(CC)CCC[C@H](C)[C@@]1(C)CC[C@@H](/C=C/C2C3C[C@@H](O)C[C@]2(O)C3)C1(C)C. The minimum Gasteiger partial charge on any atom is -0.393 e. The van der Waals surface area contributed by atoms with Crippen molar-refractivity contribution in [2.45, 2.75) is 123 Å². The van der Waals surface area contributed by atoms with E-state index in [0.717, 1.165) is 38.5 Å². The highest BCUT2D eigenvalue weighted by molar-refractivity contribution is 5.18. The van der Waals surface area contributed by atoms with Crippen LogP contribution in [0.1, 0.15) is 106 Å². The van der Waals surface area contributed by atoms with Crippen molar-refractivity contribution in [3.05, 3.63) is 12.2 Å². The van der Waals surface area contributed by atoms with Gasteiger partial charge in [-0.3, -0.25) is 0 Å². The van der Waals surface area contributed by atoms with Crippen LogP contribution in [-0.4, -0.2) is 32.6 Å². The largest absolute Gasteiger partial charge is 0.393 e. The second kappa shape index (κ2) is 8.52. The average Bonchev–Trinajstić information content (AvgIpc) is 2.91. The van der Waals surface area contributed by atoms with Gasteiger partial charge >= 0.3 is 0 Å². The summed E-state index contributed by atoms with van der Waals surface area (Å²) in [7, 11) is 0. The van der Waals surface area contributed by atoms with Gasteiger partial charge in [0.05, 0.1) is 17.3 Å². The van der Waals surface area contributed by atoms with Crippen LogP contribution in [0, 0.1) is 34.5 Å². The van der Waals surface area contributed by atoms with E-state index in [2.05, 4.69) is 53.7 Å². The Morgan fingerprint density at radius 2 is 1.77 bits per heavy atom. The Morgan fingerprint density at radius 3 is 2.37 bits per heavy atom. The lowest BCUT2D eigenvalue weighted by Gasteiger charge is -2.56. The molecular weight excluding hydrogens is 372 g/mol. The van der Waals surface area contributed by atoms with E-state index in [4.69, 9.17) is 0 Å². The zero-order chi connectivity index (χ0) is 22.4. The van der Waals surface area contributed by atoms with Crippen LogP contribution in [0.5, 0.6) is 0 Å². The summed E-state index contributed by atoms with van der Waals surface area (Å²) < 4.78 is 0. The van der Waals surface area contributed by atoms with E-state index in [-0.39, 0.29) is 17.4 Å². The molecule has 0 aromatic carbocycles. The molecule has 3 fully saturated rings. The summed E-state index contributed by atoms with van der Waals surface area (Å²) in [5.74, 6) is 1.87. The summed E-state index contributed by atoms with van der Waals surface area (Å²) in [5.41, 5.74) is -0.629. The normalized spacial score (nSPS) is 41.8. The van der Waals surface area contributed by atoms with Gasteiger partial charge in [0.1, 0.15) is 0 Å². The number of hydrogen-bond acceptors (Lipinski definition) is 3. The monoisotopic (exact) mass is 420 g/mol. The Balaban J connectivity index is 1.60. The molecule has 3 aliphatic carbocycles. The molecule has 3 nitrogen and oxygen atoms in total. The predicted octanol–water partition coefficient (Wildman–Crippen LogP) is 5.86. The van der Waals surface area contributed by atoms with Crippen molar-refractivity contribution in [1.82, 2.24) is 0 Å². The summed E-state index contributed by atoms with van der Waals surface area (Å²) in [6, 6.07) is 0. The van der Waals surface area contributed by atoms with E-state index in [9.17, 15) is 15.3 Å². The lowest BCUT2D eigenvalue weighted by atomic mass is 9.53. The van der Waals surface area contributed by atoms with Crippen molar-refractivity contribution in [3.8, 4) is 0 Å². The molecule has 2 unspecified atom stereocenters. The van der Waals surface area contributed by atoms with Crippen LogP contribution in [0.3, 0.4) is 0 Å². The van der Waals surface area contributed by atoms with Crippen molar-refractivity contribution in [2.24, 2.45) is 34.5 Å². The van der Waals surface area contributed by atoms with Crippen LogP contribution < -0.4 is 0 Å². The van der Waals surface area contributed by atoms with E-state index in [1.807, 2.05) is 0 Å². The molecule has 3 N–H and O–H groups in total. The topological polar surface area (TPSA) is 60.7 Å². The van der Waals surface area contributed by atoms with E-state index in [1.165, 1.54) is 19.3 Å². The molecule has 0 spiro atoms. The van der Waals surface area contributed by atoms with E-state index in [0.29, 0.717) is 29.6 Å². The molecule has 0 radical (unpaired) electrons. The Bertz CT molecular complexity index is 620. The number of fused-ring (bicyclic) bond motifs is 2. The minimum atomic E-state index is -0.659. The maximum Gasteiger partial charge on any atom is 0.0740 e. The van der Waals surface area contributed by atoms with Crippen LogP contribution in [-0.2, 0) is 0 Å². The van der Waals surface area contributed by atoms with Crippen LogP contribution >= 0.6 is 0 Å². The molecule has 0 saturated heterocycles.